The number of aromatic nitrogens is 1. The van der Waals surface area contributed by atoms with Gasteiger partial charge in [-0.15, -0.1) is 11.3 Å². The van der Waals surface area contributed by atoms with E-state index in [1.807, 2.05) is 11.3 Å². The SMILES string of the molecule is CC1CN(Cc2nc3c(s2)CN(C(C)C)CC3)CC1N. The van der Waals surface area contributed by atoms with Crippen molar-refractivity contribution in [3.05, 3.63) is 15.6 Å². The number of hydrogen-bond acceptors (Lipinski definition) is 5. The molecular formula is C15H26N4S. The summed E-state index contributed by atoms with van der Waals surface area (Å²) in [4.78, 5) is 11.3. The fourth-order valence-corrected chi connectivity index (χ4v) is 4.38. The van der Waals surface area contributed by atoms with Gasteiger partial charge in [-0.25, -0.2) is 4.98 Å². The van der Waals surface area contributed by atoms with Crippen LogP contribution in [0.3, 0.4) is 0 Å². The van der Waals surface area contributed by atoms with Gasteiger partial charge in [0.05, 0.1) is 12.2 Å². The van der Waals surface area contributed by atoms with Crippen molar-refractivity contribution in [2.45, 2.75) is 52.4 Å². The van der Waals surface area contributed by atoms with Crippen molar-refractivity contribution in [2.24, 2.45) is 11.7 Å². The summed E-state index contributed by atoms with van der Waals surface area (Å²) >= 11 is 1.91. The van der Waals surface area contributed by atoms with E-state index in [9.17, 15) is 0 Å². The van der Waals surface area contributed by atoms with Gasteiger partial charge in [-0.3, -0.25) is 9.80 Å². The van der Waals surface area contributed by atoms with Crippen molar-refractivity contribution in [2.75, 3.05) is 19.6 Å². The lowest BCUT2D eigenvalue weighted by atomic mass is 10.1. The third kappa shape index (κ3) is 2.91. The molecule has 2 N–H and O–H groups in total. The highest BCUT2D eigenvalue weighted by Crippen LogP contribution is 2.28. The number of thiazole rings is 1. The Hall–Kier alpha value is -0.490. The van der Waals surface area contributed by atoms with Crippen molar-refractivity contribution < 1.29 is 0 Å². The average Bonchev–Trinajstić information content (AvgIpc) is 2.92. The molecule has 0 saturated carbocycles. The van der Waals surface area contributed by atoms with Crippen LogP contribution in [0.2, 0.25) is 0 Å². The highest BCUT2D eigenvalue weighted by atomic mass is 32.1. The molecule has 2 aliphatic heterocycles. The van der Waals surface area contributed by atoms with Crippen LogP contribution in [-0.4, -0.2) is 46.5 Å². The Balaban J connectivity index is 1.65. The second kappa shape index (κ2) is 5.72. The van der Waals surface area contributed by atoms with E-state index >= 15 is 0 Å². The molecule has 20 heavy (non-hydrogen) atoms. The third-order valence-electron chi connectivity index (χ3n) is 4.64. The summed E-state index contributed by atoms with van der Waals surface area (Å²) in [6.07, 6.45) is 1.11. The van der Waals surface area contributed by atoms with Gasteiger partial charge in [0, 0.05) is 49.6 Å². The Kier molecular flexibility index (Phi) is 4.13. The number of rotatable bonds is 3. The summed E-state index contributed by atoms with van der Waals surface area (Å²) in [6, 6.07) is 0.965. The topological polar surface area (TPSA) is 45.4 Å². The zero-order valence-corrected chi connectivity index (χ0v) is 13.6. The van der Waals surface area contributed by atoms with E-state index in [0.717, 1.165) is 39.1 Å². The summed E-state index contributed by atoms with van der Waals surface area (Å²) in [5.74, 6) is 0.612. The largest absolute Gasteiger partial charge is 0.326 e. The lowest BCUT2D eigenvalue weighted by Gasteiger charge is -2.29. The molecule has 0 spiro atoms. The Morgan fingerprint density at radius 1 is 1.40 bits per heavy atom. The van der Waals surface area contributed by atoms with Crippen molar-refractivity contribution >= 4 is 11.3 Å². The van der Waals surface area contributed by atoms with Gasteiger partial charge < -0.3 is 5.73 Å². The van der Waals surface area contributed by atoms with Crippen molar-refractivity contribution in [1.29, 1.82) is 0 Å². The maximum absolute atomic E-state index is 6.11. The van der Waals surface area contributed by atoms with E-state index in [4.69, 9.17) is 10.7 Å². The molecular weight excluding hydrogens is 268 g/mol. The summed E-state index contributed by atoms with van der Waals surface area (Å²) < 4.78 is 0. The van der Waals surface area contributed by atoms with E-state index < -0.39 is 0 Å². The first-order valence-corrected chi connectivity index (χ1v) is 8.54. The third-order valence-corrected chi connectivity index (χ3v) is 5.71. The molecule has 0 radical (unpaired) electrons. The van der Waals surface area contributed by atoms with Gasteiger partial charge in [0.25, 0.3) is 0 Å². The molecule has 1 saturated heterocycles. The van der Waals surface area contributed by atoms with Crippen molar-refractivity contribution in [1.82, 2.24) is 14.8 Å². The van der Waals surface area contributed by atoms with Crippen LogP contribution in [0.25, 0.3) is 0 Å². The molecule has 0 aliphatic carbocycles. The Morgan fingerprint density at radius 3 is 2.85 bits per heavy atom. The van der Waals surface area contributed by atoms with Crippen LogP contribution in [0.1, 0.15) is 36.3 Å². The van der Waals surface area contributed by atoms with Gasteiger partial charge in [-0.05, 0) is 19.8 Å². The predicted molar refractivity (Wildman–Crippen MR) is 83.8 cm³/mol. The Labute approximate surface area is 126 Å². The molecule has 3 rings (SSSR count). The molecule has 3 heterocycles. The van der Waals surface area contributed by atoms with Crippen molar-refractivity contribution in [3.63, 3.8) is 0 Å². The van der Waals surface area contributed by atoms with Crippen LogP contribution >= 0.6 is 11.3 Å². The van der Waals surface area contributed by atoms with E-state index in [2.05, 4.69) is 30.6 Å². The molecule has 2 aliphatic rings. The van der Waals surface area contributed by atoms with E-state index in [-0.39, 0.29) is 0 Å². The monoisotopic (exact) mass is 294 g/mol. The van der Waals surface area contributed by atoms with Gasteiger partial charge in [-0.1, -0.05) is 6.92 Å². The molecule has 0 amide bonds. The quantitative estimate of drug-likeness (QED) is 0.921. The normalized spacial score (nSPS) is 28.2. The molecule has 4 nitrogen and oxygen atoms in total. The first-order valence-electron chi connectivity index (χ1n) is 7.72. The lowest BCUT2D eigenvalue weighted by molar-refractivity contribution is 0.205. The summed E-state index contributed by atoms with van der Waals surface area (Å²) in [5.41, 5.74) is 7.45. The predicted octanol–water partition coefficient (Wildman–Crippen LogP) is 1.69. The molecule has 1 fully saturated rings. The smallest absolute Gasteiger partial charge is 0.107 e. The molecule has 2 atom stereocenters. The first-order chi connectivity index (χ1) is 9.52. The summed E-state index contributed by atoms with van der Waals surface area (Å²) in [5, 5.41) is 1.28. The summed E-state index contributed by atoms with van der Waals surface area (Å²) in [6.45, 7) is 12.2. The number of likely N-dealkylation sites (tertiary alicyclic amines) is 1. The fourth-order valence-electron chi connectivity index (χ4n) is 3.19. The standard InChI is InChI=1S/C15H26N4S/c1-10(2)19-5-4-13-14(8-19)20-15(17-13)9-18-6-11(3)12(16)7-18/h10-12H,4-9,16H2,1-3H3. The zero-order chi connectivity index (χ0) is 14.3. The minimum absolute atomic E-state index is 0.334. The molecule has 0 bridgehead atoms. The molecule has 1 aromatic rings. The number of nitrogens with two attached hydrogens (primary N) is 1. The van der Waals surface area contributed by atoms with Crippen LogP contribution in [0.15, 0.2) is 0 Å². The molecule has 1 aromatic heterocycles. The minimum atomic E-state index is 0.334. The fraction of sp³-hybridized carbons (Fsp3) is 0.800. The molecule has 0 aromatic carbocycles. The van der Waals surface area contributed by atoms with Crippen LogP contribution in [0, 0.1) is 5.92 Å². The average molecular weight is 294 g/mol. The highest BCUT2D eigenvalue weighted by Gasteiger charge is 2.28. The van der Waals surface area contributed by atoms with Crippen LogP contribution in [0.4, 0.5) is 0 Å². The van der Waals surface area contributed by atoms with E-state index in [1.165, 1.54) is 15.6 Å². The van der Waals surface area contributed by atoms with Gasteiger partial charge in [0.15, 0.2) is 0 Å². The summed E-state index contributed by atoms with van der Waals surface area (Å²) in [7, 11) is 0. The molecule has 2 unspecified atom stereocenters. The zero-order valence-electron chi connectivity index (χ0n) is 12.8. The number of hydrogen-bond donors (Lipinski definition) is 1. The van der Waals surface area contributed by atoms with Crippen LogP contribution < -0.4 is 5.73 Å². The maximum Gasteiger partial charge on any atom is 0.107 e. The minimum Gasteiger partial charge on any atom is -0.326 e. The first kappa shape index (κ1) is 14.4. The second-order valence-electron chi connectivity index (χ2n) is 6.63. The van der Waals surface area contributed by atoms with E-state index in [1.54, 1.807) is 0 Å². The van der Waals surface area contributed by atoms with Gasteiger partial charge in [-0.2, -0.15) is 0 Å². The van der Waals surface area contributed by atoms with Gasteiger partial charge in [0.2, 0.25) is 0 Å². The molecule has 5 heteroatoms. The van der Waals surface area contributed by atoms with Crippen LogP contribution in [-0.2, 0) is 19.5 Å². The van der Waals surface area contributed by atoms with Gasteiger partial charge >= 0.3 is 0 Å². The van der Waals surface area contributed by atoms with E-state index in [0.29, 0.717) is 18.0 Å². The van der Waals surface area contributed by atoms with Crippen LogP contribution in [0.5, 0.6) is 0 Å². The van der Waals surface area contributed by atoms with Gasteiger partial charge in [0.1, 0.15) is 5.01 Å². The maximum atomic E-state index is 6.11. The lowest BCUT2D eigenvalue weighted by Crippen LogP contribution is -2.35. The highest BCUT2D eigenvalue weighted by molar-refractivity contribution is 7.11. The number of fused-ring (bicyclic) bond motifs is 1. The second-order valence-corrected chi connectivity index (χ2v) is 7.80. The Bertz CT molecular complexity index is 460. The number of nitrogens with zero attached hydrogens (tertiary/aromatic N) is 3. The molecule has 112 valence electrons. The Morgan fingerprint density at radius 2 is 2.20 bits per heavy atom. The van der Waals surface area contributed by atoms with Crippen molar-refractivity contribution in [3.8, 4) is 0 Å².